The van der Waals surface area contributed by atoms with Crippen LogP contribution in [0.4, 0.5) is 13.2 Å². The molecule has 0 saturated heterocycles. The standard InChI is InChI=1S/C26H25F3N2O2/c1-15(27)6-5-11-31-16(2)12-19-18-7-3-4-8-22(18)30-25(19)26(31)24-20(28)13-17(14-21(24)29)9-10-23(32)33/h3-4,7-10,13-14,16,26,30H,1,5-6,11-12H2,2H3,(H,32,33)/b10-9+/t16-,26-/m1/s1. The van der Waals surface area contributed by atoms with Crippen LogP contribution in [-0.2, 0) is 11.2 Å². The number of rotatable bonds is 7. The van der Waals surface area contributed by atoms with E-state index in [-0.39, 0.29) is 23.6 Å². The van der Waals surface area contributed by atoms with Gasteiger partial charge in [-0.25, -0.2) is 18.0 Å². The number of fused-ring (bicyclic) bond motifs is 3. The lowest BCUT2D eigenvalue weighted by Crippen LogP contribution is -2.43. The summed E-state index contributed by atoms with van der Waals surface area (Å²) in [6, 6.07) is 9.25. The molecule has 2 aromatic carbocycles. The van der Waals surface area contributed by atoms with Crippen molar-refractivity contribution in [2.75, 3.05) is 6.54 Å². The van der Waals surface area contributed by atoms with Gasteiger partial charge in [-0.3, -0.25) is 4.90 Å². The molecule has 4 nitrogen and oxygen atoms in total. The fraction of sp³-hybridized carbons (Fsp3) is 0.269. The van der Waals surface area contributed by atoms with Crippen molar-refractivity contribution in [2.24, 2.45) is 0 Å². The van der Waals surface area contributed by atoms with Crippen LogP contribution in [-0.4, -0.2) is 33.5 Å². The van der Waals surface area contributed by atoms with E-state index in [4.69, 9.17) is 5.11 Å². The van der Waals surface area contributed by atoms with Crippen LogP contribution in [0.2, 0.25) is 0 Å². The summed E-state index contributed by atoms with van der Waals surface area (Å²) in [7, 11) is 0. The zero-order chi connectivity index (χ0) is 23.7. The van der Waals surface area contributed by atoms with Crippen LogP contribution in [0.5, 0.6) is 0 Å². The third-order valence-corrected chi connectivity index (χ3v) is 6.17. The summed E-state index contributed by atoms with van der Waals surface area (Å²) in [6.45, 7) is 5.74. The maximum atomic E-state index is 15.4. The second-order valence-electron chi connectivity index (χ2n) is 8.45. The van der Waals surface area contributed by atoms with E-state index in [1.807, 2.05) is 36.1 Å². The Kier molecular flexibility index (Phi) is 6.42. The number of carboxylic acid groups (broad SMARTS) is 1. The Morgan fingerprint density at radius 3 is 2.64 bits per heavy atom. The van der Waals surface area contributed by atoms with E-state index in [2.05, 4.69) is 11.6 Å². The highest BCUT2D eigenvalue weighted by Gasteiger charge is 2.38. The number of aromatic nitrogens is 1. The van der Waals surface area contributed by atoms with Gasteiger partial charge < -0.3 is 10.1 Å². The SMILES string of the molecule is C=C(F)CCCN1[C@H](c2c(F)cc(/C=C/C(=O)O)cc2F)c2[nH]c3ccccc3c2C[C@H]1C. The number of halogens is 3. The third kappa shape index (κ3) is 4.59. The zero-order valence-electron chi connectivity index (χ0n) is 18.2. The molecule has 2 heterocycles. The Hall–Kier alpha value is -3.32. The van der Waals surface area contributed by atoms with Crippen molar-refractivity contribution in [3.63, 3.8) is 0 Å². The number of hydrogen-bond acceptors (Lipinski definition) is 2. The van der Waals surface area contributed by atoms with Crippen LogP contribution in [0.3, 0.4) is 0 Å². The molecule has 0 bridgehead atoms. The Bertz CT molecular complexity index is 1220. The fourth-order valence-corrected chi connectivity index (χ4v) is 4.75. The van der Waals surface area contributed by atoms with Crippen molar-refractivity contribution >= 4 is 22.9 Å². The van der Waals surface area contributed by atoms with Crippen molar-refractivity contribution in [3.05, 3.63) is 88.9 Å². The van der Waals surface area contributed by atoms with Crippen LogP contribution < -0.4 is 0 Å². The first kappa shape index (κ1) is 22.9. The second kappa shape index (κ2) is 9.27. The molecule has 2 N–H and O–H groups in total. The number of H-pyrrole nitrogens is 1. The van der Waals surface area contributed by atoms with Gasteiger partial charge in [-0.15, -0.1) is 0 Å². The monoisotopic (exact) mass is 454 g/mol. The van der Waals surface area contributed by atoms with E-state index in [0.29, 0.717) is 19.4 Å². The molecule has 2 atom stereocenters. The molecular weight excluding hydrogens is 429 g/mol. The first-order valence-corrected chi connectivity index (χ1v) is 10.8. The molecule has 172 valence electrons. The predicted octanol–water partition coefficient (Wildman–Crippen LogP) is 6.14. The van der Waals surface area contributed by atoms with Gasteiger partial charge in [0.1, 0.15) is 11.6 Å². The Labute approximate surface area is 190 Å². The molecule has 0 aliphatic carbocycles. The van der Waals surface area contributed by atoms with Crippen molar-refractivity contribution in [1.29, 1.82) is 0 Å². The molecule has 0 amide bonds. The number of hydrogen-bond donors (Lipinski definition) is 2. The molecule has 0 radical (unpaired) electrons. The lowest BCUT2D eigenvalue weighted by atomic mass is 9.87. The summed E-state index contributed by atoms with van der Waals surface area (Å²) in [6.07, 6.45) is 3.33. The summed E-state index contributed by atoms with van der Waals surface area (Å²) < 4.78 is 44.0. The normalized spacial score (nSPS) is 18.7. The highest BCUT2D eigenvalue weighted by molar-refractivity contribution is 5.86. The number of benzene rings is 2. The van der Waals surface area contributed by atoms with Gasteiger partial charge in [0, 0.05) is 34.3 Å². The molecule has 1 aliphatic rings. The molecule has 1 aliphatic heterocycles. The zero-order valence-corrected chi connectivity index (χ0v) is 18.2. The predicted molar refractivity (Wildman–Crippen MR) is 123 cm³/mol. The lowest BCUT2D eigenvalue weighted by molar-refractivity contribution is -0.131. The number of aliphatic carboxylic acids is 1. The van der Waals surface area contributed by atoms with Gasteiger partial charge in [-0.05, 0) is 68.1 Å². The highest BCUT2D eigenvalue weighted by Crippen LogP contribution is 2.42. The molecule has 7 heteroatoms. The van der Waals surface area contributed by atoms with E-state index in [1.165, 1.54) is 0 Å². The fourth-order valence-electron chi connectivity index (χ4n) is 4.75. The molecular formula is C26H25F3N2O2. The molecule has 0 spiro atoms. The largest absolute Gasteiger partial charge is 0.478 e. The molecule has 33 heavy (non-hydrogen) atoms. The molecule has 0 unspecified atom stereocenters. The minimum atomic E-state index is -1.20. The minimum Gasteiger partial charge on any atom is -0.478 e. The van der Waals surface area contributed by atoms with Crippen LogP contribution in [0.15, 0.2) is 54.9 Å². The van der Waals surface area contributed by atoms with Gasteiger partial charge in [-0.1, -0.05) is 24.8 Å². The number of carbonyl (C=O) groups is 1. The number of para-hydroxylation sites is 1. The van der Waals surface area contributed by atoms with Crippen molar-refractivity contribution in [1.82, 2.24) is 9.88 Å². The minimum absolute atomic E-state index is 0.0417. The Morgan fingerprint density at radius 2 is 1.97 bits per heavy atom. The maximum Gasteiger partial charge on any atom is 0.328 e. The van der Waals surface area contributed by atoms with Gasteiger partial charge in [0.15, 0.2) is 0 Å². The summed E-state index contributed by atoms with van der Waals surface area (Å²) >= 11 is 0. The Morgan fingerprint density at radius 1 is 1.27 bits per heavy atom. The third-order valence-electron chi connectivity index (χ3n) is 6.17. The molecule has 0 fully saturated rings. The number of carboxylic acids is 1. The average molecular weight is 454 g/mol. The molecule has 1 aromatic heterocycles. The van der Waals surface area contributed by atoms with Crippen molar-refractivity contribution in [3.8, 4) is 0 Å². The van der Waals surface area contributed by atoms with E-state index >= 15 is 8.78 Å². The summed E-state index contributed by atoms with van der Waals surface area (Å²) in [5.41, 5.74) is 2.64. The summed E-state index contributed by atoms with van der Waals surface area (Å²) in [4.78, 5) is 16.1. The number of allylic oxidation sites excluding steroid dienone is 1. The van der Waals surface area contributed by atoms with E-state index < -0.39 is 29.5 Å². The quantitative estimate of drug-likeness (QED) is 0.422. The van der Waals surface area contributed by atoms with Crippen molar-refractivity contribution in [2.45, 2.75) is 38.3 Å². The smallest absolute Gasteiger partial charge is 0.328 e. The summed E-state index contributed by atoms with van der Waals surface area (Å²) in [5, 5.41) is 9.83. The van der Waals surface area contributed by atoms with Crippen LogP contribution >= 0.6 is 0 Å². The van der Waals surface area contributed by atoms with E-state index in [1.54, 1.807) is 0 Å². The lowest BCUT2D eigenvalue weighted by Gasteiger charge is -2.41. The maximum absolute atomic E-state index is 15.4. The number of nitrogens with one attached hydrogen (secondary N) is 1. The van der Waals surface area contributed by atoms with E-state index in [9.17, 15) is 9.18 Å². The molecule has 4 rings (SSSR count). The highest BCUT2D eigenvalue weighted by atomic mass is 19.1. The molecule has 3 aromatic rings. The molecule has 0 saturated carbocycles. The number of aromatic amines is 1. The first-order valence-electron chi connectivity index (χ1n) is 10.8. The van der Waals surface area contributed by atoms with Gasteiger partial charge in [-0.2, -0.15) is 0 Å². The van der Waals surface area contributed by atoms with Gasteiger partial charge >= 0.3 is 5.97 Å². The van der Waals surface area contributed by atoms with Crippen LogP contribution in [0.1, 0.15) is 48.2 Å². The second-order valence-corrected chi connectivity index (χ2v) is 8.45. The average Bonchev–Trinajstić information content (AvgIpc) is 3.11. The van der Waals surface area contributed by atoms with Crippen LogP contribution in [0, 0.1) is 11.6 Å². The van der Waals surface area contributed by atoms with Gasteiger partial charge in [0.05, 0.1) is 11.9 Å². The van der Waals surface area contributed by atoms with E-state index in [0.717, 1.165) is 46.4 Å². The van der Waals surface area contributed by atoms with Gasteiger partial charge in [0.2, 0.25) is 0 Å². The topological polar surface area (TPSA) is 56.3 Å². The first-order chi connectivity index (χ1) is 15.8. The van der Waals surface area contributed by atoms with Gasteiger partial charge in [0.25, 0.3) is 0 Å². The summed E-state index contributed by atoms with van der Waals surface area (Å²) in [5.74, 6) is -3.15. The van der Waals surface area contributed by atoms with Crippen LogP contribution in [0.25, 0.3) is 17.0 Å². The number of nitrogens with zero attached hydrogens (tertiary/aromatic N) is 1. The Balaban J connectivity index is 1.84. The van der Waals surface area contributed by atoms with Crippen molar-refractivity contribution < 1.29 is 23.1 Å².